The molecule has 1 aromatic rings. The van der Waals surface area contributed by atoms with Gasteiger partial charge in [-0.2, -0.15) is 0 Å². The van der Waals surface area contributed by atoms with Crippen LogP contribution in [0.5, 0.6) is 0 Å². The zero-order chi connectivity index (χ0) is 11.9. The van der Waals surface area contributed by atoms with E-state index in [-0.39, 0.29) is 6.10 Å². The molecule has 1 fully saturated rings. The third-order valence-electron chi connectivity index (χ3n) is 2.90. The van der Waals surface area contributed by atoms with Gasteiger partial charge in [0.25, 0.3) is 0 Å². The van der Waals surface area contributed by atoms with Gasteiger partial charge in [-0.1, -0.05) is 6.07 Å². The summed E-state index contributed by atoms with van der Waals surface area (Å²) in [7, 11) is 0. The van der Waals surface area contributed by atoms with Crippen LogP contribution in [0.4, 0.5) is 0 Å². The Balaban J connectivity index is 1.52. The quantitative estimate of drug-likeness (QED) is 0.811. The van der Waals surface area contributed by atoms with Crippen LogP contribution in [-0.4, -0.2) is 32.0 Å². The minimum Gasteiger partial charge on any atom is -0.376 e. The summed E-state index contributed by atoms with van der Waals surface area (Å²) >= 11 is 1.79. The van der Waals surface area contributed by atoms with E-state index in [1.807, 2.05) is 0 Å². The Morgan fingerprint density at radius 1 is 1.65 bits per heavy atom. The Hall–Kier alpha value is -0.420. The standard InChI is InChI=1S/C13H21NO2S/c1-11(16-10-12-4-2-6-15-12)8-14-9-13-5-3-7-17-13/h3,5,7,11-12,14H,2,4,6,8-10H2,1H3. The van der Waals surface area contributed by atoms with E-state index in [0.29, 0.717) is 6.10 Å². The number of nitrogens with one attached hydrogen (secondary N) is 1. The van der Waals surface area contributed by atoms with Crippen molar-refractivity contribution in [3.8, 4) is 0 Å². The molecule has 1 aliphatic heterocycles. The molecule has 2 atom stereocenters. The highest BCUT2D eigenvalue weighted by atomic mass is 32.1. The lowest BCUT2D eigenvalue weighted by atomic mass is 10.2. The van der Waals surface area contributed by atoms with Crippen LogP contribution in [0.2, 0.25) is 0 Å². The summed E-state index contributed by atoms with van der Waals surface area (Å²) in [6, 6.07) is 4.23. The number of hydrogen-bond acceptors (Lipinski definition) is 4. The summed E-state index contributed by atoms with van der Waals surface area (Å²) in [5.41, 5.74) is 0. The molecular weight excluding hydrogens is 234 g/mol. The van der Waals surface area contributed by atoms with Gasteiger partial charge in [0.2, 0.25) is 0 Å². The van der Waals surface area contributed by atoms with E-state index < -0.39 is 0 Å². The van der Waals surface area contributed by atoms with Gasteiger partial charge in [-0.15, -0.1) is 11.3 Å². The molecule has 0 aliphatic carbocycles. The molecule has 1 aliphatic rings. The Morgan fingerprint density at radius 2 is 2.59 bits per heavy atom. The molecule has 3 nitrogen and oxygen atoms in total. The van der Waals surface area contributed by atoms with Gasteiger partial charge in [0.05, 0.1) is 18.8 Å². The van der Waals surface area contributed by atoms with Crippen LogP contribution in [0.15, 0.2) is 17.5 Å². The maximum absolute atomic E-state index is 5.76. The lowest BCUT2D eigenvalue weighted by Gasteiger charge is -2.16. The van der Waals surface area contributed by atoms with Crippen molar-refractivity contribution in [2.75, 3.05) is 19.8 Å². The van der Waals surface area contributed by atoms with Gasteiger partial charge in [-0.25, -0.2) is 0 Å². The van der Waals surface area contributed by atoms with Crippen LogP contribution in [0.3, 0.4) is 0 Å². The molecule has 2 heterocycles. The lowest BCUT2D eigenvalue weighted by Crippen LogP contribution is -2.29. The van der Waals surface area contributed by atoms with Crippen LogP contribution in [0, 0.1) is 0 Å². The van der Waals surface area contributed by atoms with Crippen LogP contribution in [0.25, 0.3) is 0 Å². The molecule has 17 heavy (non-hydrogen) atoms. The minimum atomic E-state index is 0.249. The van der Waals surface area contributed by atoms with E-state index in [2.05, 4.69) is 29.8 Å². The molecule has 0 amide bonds. The Kier molecular flexibility index (Phi) is 5.45. The molecule has 0 bridgehead atoms. The van der Waals surface area contributed by atoms with Crippen LogP contribution >= 0.6 is 11.3 Å². The first-order valence-electron chi connectivity index (χ1n) is 6.31. The lowest BCUT2D eigenvalue weighted by molar-refractivity contribution is -0.0133. The van der Waals surface area contributed by atoms with Gasteiger partial charge in [-0.3, -0.25) is 0 Å². The molecule has 4 heteroatoms. The van der Waals surface area contributed by atoms with Crippen molar-refractivity contribution in [2.24, 2.45) is 0 Å². The highest BCUT2D eigenvalue weighted by Gasteiger charge is 2.16. The fourth-order valence-electron chi connectivity index (χ4n) is 1.92. The van der Waals surface area contributed by atoms with Crippen molar-refractivity contribution >= 4 is 11.3 Å². The van der Waals surface area contributed by atoms with Crippen LogP contribution < -0.4 is 5.32 Å². The average molecular weight is 255 g/mol. The monoisotopic (exact) mass is 255 g/mol. The second kappa shape index (κ2) is 7.11. The highest BCUT2D eigenvalue weighted by molar-refractivity contribution is 7.09. The van der Waals surface area contributed by atoms with Gasteiger partial charge >= 0.3 is 0 Å². The van der Waals surface area contributed by atoms with Crippen molar-refractivity contribution in [3.63, 3.8) is 0 Å². The summed E-state index contributed by atoms with van der Waals surface area (Å²) in [6.07, 6.45) is 2.91. The molecule has 2 rings (SSSR count). The smallest absolute Gasteiger partial charge is 0.0809 e. The first kappa shape index (κ1) is 13.0. The maximum atomic E-state index is 5.76. The normalized spacial score (nSPS) is 21.8. The summed E-state index contributed by atoms with van der Waals surface area (Å²) in [4.78, 5) is 1.37. The number of thiophene rings is 1. The summed E-state index contributed by atoms with van der Waals surface area (Å²) in [5.74, 6) is 0. The van der Waals surface area contributed by atoms with Crippen molar-refractivity contribution in [2.45, 2.75) is 38.5 Å². The van der Waals surface area contributed by atoms with Crippen LogP contribution in [-0.2, 0) is 16.0 Å². The summed E-state index contributed by atoms with van der Waals surface area (Å²) in [6.45, 7) is 5.58. The largest absolute Gasteiger partial charge is 0.376 e. The van der Waals surface area contributed by atoms with Crippen molar-refractivity contribution in [3.05, 3.63) is 22.4 Å². The Bertz CT molecular complexity index is 296. The van der Waals surface area contributed by atoms with Crippen molar-refractivity contribution < 1.29 is 9.47 Å². The second-order valence-electron chi connectivity index (χ2n) is 4.49. The number of rotatable bonds is 7. The third kappa shape index (κ3) is 4.76. The van der Waals surface area contributed by atoms with Gasteiger partial charge in [0, 0.05) is 24.6 Å². The fraction of sp³-hybridized carbons (Fsp3) is 0.692. The molecule has 0 saturated carbocycles. The highest BCUT2D eigenvalue weighted by Crippen LogP contribution is 2.12. The molecule has 96 valence electrons. The molecule has 1 saturated heterocycles. The zero-order valence-corrected chi connectivity index (χ0v) is 11.2. The number of ether oxygens (including phenoxy) is 2. The van der Waals surface area contributed by atoms with Gasteiger partial charge < -0.3 is 14.8 Å². The third-order valence-corrected chi connectivity index (χ3v) is 3.78. The molecule has 0 radical (unpaired) electrons. The van der Waals surface area contributed by atoms with Gasteiger partial charge in [0.15, 0.2) is 0 Å². The Morgan fingerprint density at radius 3 is 3.29 bits per heavy atom. The predicted molar refractivity (Wildman–Crippen MR) is 70.4 cm³/mol. The van der Waals surface area contributed by atoms with E-state index in [1.165, 1.54) is 11.3 Å². The average Bonchev–Trinajstić information content (AvgIpc) is 2.99. The van der Waals surface area contributed by atoms with E-state index in [4.69, 9.17) is 9.47 Å². The van der Waals surface area contributed by atoms with Crippen molar-refractivity contribution in [1.82, 2.24) is 5.32 Å². The zero-order valence-electron chi connectivity index (χ0n) is 10.4. The molecule has 2 unspecified atom stereocenters. The predicted octanol–water partition coefficient (Wildman–Crippen LogP) is 2.42. The van der Waals surface area contributed by atoms with Gasteiger partial charge in [0.1, 0.15) is 0 Å². The Labute approximate surface area is 107 Å². The van der Waals surface area contributed by atoms with E-state index in [1.54, 1.807) is 11.3 Å². The summed E-state index contributed by atoms with van der Waals surface area (Å²) in [5, 5.41) is 5.51. The first-order valence-corrected chi connectivity index (χ1v) is 7.19. The molecule has 1 N–H and O–H groups in total. The molecule has 0 spiro atoms. The first-order chi connectivity index (χ1) is 8.34. The van der Waals surface area contributed by atoms with Gasteiger partial charge in [-0.05, 0) is 31.2 Å². The SMILES string of the molecule is CC(CNCc1cccs1)OCC1CCCO1. The topological polar surface area (TPSA) is 30.5 Å². The van der Waals surface area contributed by atoms with E-state index in [0.717, 1.165) is 32.7 Å². The number of hydrogen-bond donors (Lipinski definition) is 1. The van der Waals surface area contributed by atoms with Crippen LogP contribution in [0.1, 0.15) is 24.6 Å². The fourth-order valence-corrected chi connectivity index (χ4v) is 2.59. The molecule has 1 aromatic heterocycles. The second-order valence-corrected chi connectivity index (χ2v) is 5.52. The summed E-state index contributed by atoms with van der Waals surface area (Å²) < 4.78 is 11.3. The van der Waals surface area contributed by atoms with Crippen molar-refractivity contribution in [1.29, 1.82) is 0 Å². The van der Waals surface area contributed by atoms with E-state index >= 15 is 0 Å². The van der Waals surface area contributed by atoms with E-state index in [9.17, 15) is 0 Å². The maximum Gasteiger partial charge on any atom is 0.0809 e. The molecule has 0 aromatic carbocycles. The molecular formula is C13H21NO2S. The minimum absolute atomic E-state index is 0.249.